The number of nitrogens with one attached hydrogen (secondary N) is 1. The molecule has 3 fully saturated rings. The fourth-order valence-electron chi connectivity index (χ4n) is 5.09. The highest BCUT2D eigenvalue weighted by Crippen LogP contribution is 2.40. The van der Waals surface area contributed by atoms with Crippen molar-refractivity contribution in [3.63, 3.8) is 0 Å². The van der Waals surface area contributed by atoms with Gasteiger partial charge >= 0.3 is 6.03 Å². The number of ether oxygens (including phenoxy) is 2. The number of carbonyl (C=O) groups excluding carboxylic acids is 1. The summed E-state index contributed by atoms with van der Waals surface area (Å²) < 4.78 is 11.3. The van der Waals surface area contributed by atoms with E-state index < -0.39 is 0 Å². The summed E-state index contributed by atoms with van der Waals surface area (Å²) in [6.45, 7) is 5.94. The van der Waals surface area contributed by atoms with E-state index in [4.69, 9.17) is 21.1 Å². The third-order valence-electron chi connectivity index (χ3n) is 6.87. The number of amides is 2. The first kappa shape index (κ1) is 20.8. The lowest BCUT2D eigenvalue weighted by atomic mass is 9.73. The minimum Gasteiger partial charge on any atom is -0.496 e. The van der Waals surface area contributed by atoms with Gasteiger partial charge in [0, 0.05) is 54.9 Å². The van der Waals surface area contributed by atoms with E-state index in [0.717, 1.165) is 43.7 Å². The zero-order valence-electron chi connectivity index (χ0n) is 17.3. The predicted molar refractivity (Wildman–Crippen MR) is 114 cm³/mol. The number of hydrogen-bond donors (Lipinski definition) is 1. The number of halogens is 1. The maximum absolute atomic E-state index is 13.0. The lowest BCUT2D eigenvalue weighted by molar-refractivity contribution is 0.0493. The van der Waals surface area contributed by atoms with Crippen LogP contribution in [0, 0.1) is 0 Å². The van der Waals surface area contributed by atoms with Gasteiger partial charge in [-0.2, -0.15) is 0 Å². The van der Waals surface area contributed by atoms with Crippen molar-refractivity contribution < 1.29 is 14.3 Å². The maximum atomic E-state index is 13.0. The molecule has 0 aromatic heterocycles. The molecule has 1 atom stereocenters. The van der Waals surface area contributed by atoms with Crippen LogP contribution < -0.4 is 10.1 Å². The smallest absolute Gasteiger partial charge is 0.317 e. The fraction of sp³-hybridized carbons (Fsp3) is 0.682. The van der Waals surface area contributed by atoms with Crippen LogP contribution in [0.25, 0.3) is 0 Å². The summed E-state index contributed by atoms with van der Waals surface area (Å²) in [5.41, 5.74) is 0.838. The second-order valence-electron chi connectivity index (χ2n) is 8.53. The first-order valence-corrected chi connectivity index (χ1v) is 11.2. The molecule has 0 saturated carbocycles. The molecule has 29 heavy (non-hydrogen) atoms. The average Bonchev–Trinajstić information content (AvgIpc) is 3.44. The van der Waals surface area contributed by atoms with Gasteiger partial charge in [-0.3, -0.25) is 4.90 Å². The lowest BCUT2D eigenvalue weighted by Crippen LogP contribution is -2.48. The van der Waals surface area contributed by atoms with E-state index in [1.807, 2.05) is 23.1 Å². The highest BCUT2D eigenvalue weighted by atomic mass is 35.5. The highest BCUT2D eigenvalue weighted by molar-refractivity contribution is 6.30. The minimum absolute atomic E-state index is 0.0403. The van der Waals surface area contributed by atoms with Gasteiger partial charge in [0.2, 0.25) is 0 Å². The number of methoxy groups -OCH3 is 1. The van der Waals surface area contributed by atoms with Gasteiger partial charge in [-0.1, -0.05) is 11.6 Å². The van der Waals surface area contributed by atoms with Crippen LogP contribution in [0.15, 0.2) is 18.2 Å². The Morgan fingerprint density at radius 1 is 1.28 bits per heavy atom. The van der Waals surface area contributed by atoms with Gasteiger partial charge in [0.25, 0.3) is 0 Å². The van der Waals surface area contributed by atoms with Crippen LogP contribution in [0.3, 0.4) is 0 Å². The number of benzene rings is 1. The summed E-state index contributed by atoms with van der Waals surface area (Å²) in [7, 11) is 1.68. The average molecular weight is 422 g/mol. The third-order valence-corrected chi connectivity index (χ3v) is 7.10. The molecule has 3 saturated heterocycles. The van der Waals surface area contributed by atoms with Crippen LogP contribution in [0.5, 0.6) is 5.75 Å². The van der Waals surface area contributed by atoms with Crippen LogP contribution in [0.1, 0.15) is 37.7 Å². The second-order valence-corrected chi connectivity index (χ2v) is 8.96. The number of rotatable bonds is 5. The van der Waals surface area contributed by atoms with Crippen molar-refractivity contribution in [2.24, 2.45) is 0 Å². The molecule has 6 nitrogen and oxygen atoms in total. The first-order valence-electron chi connectivity index (χ1n) is 10.8. The van der Waals surface area contributed by atoms with E-state index in [9.17, 15) is 4.79 Å². The number of nitrogens with zero attached hydrogens (tertiary/aromatic N) is 2. The summed E-state index contributed by atoms with van der Waals surface area (Å²) in [6.07, 6.45) is 5.32. The Labute approximate surface area is 178 Å². The molecule has 1 unspecified atom stereocenters. The normalized spacial score (nSPS) is 24.6. The van der Waals surface area contributed by atoms with Crippen molar-refractivity contribution in [2.45, 2.75) is 43.6 Å². The van der Waals surface area contributed by atoms with E-state index in [-0.39, 0.29) is 11.4 Å². The molecule has 2 amide bonds. The standard InChI is InChI=1S/C22H32ClN3O3/c1-28-20-5-4-17(23)14-19(20)22(7-12-29-13-8-22)16-24-21(27)26-11-6-18(15-26)25-9-2-3-10-25/h4-5,14,18H,2-3,6-13,15-16H2,1H3,(H,24,27). The molecular weight excluding hydrogens is 390 g/mol. The molecule has 1 N–H and O–H groups in total. The SMILES string of the molecule is COc1ccc(Cl)cc1C1(CNC(=O)N2CCC(N3CCCC3)C2)CCOCC1. The lowest BCUT2D eigenvalue weighted by Gasteiger charge is -2.39. The molecule has 3 aliphatic heterocycles. The monoisotopic (exact) mass is 421 g/mol. The molecule has 3 aliphatic rings. The number of hydrogen-bond acceptors (Lipinski definition) is 4. The quantitative estimate of drug-likeness (QED) is 0.792. The van der Waals surface area contributed by atoms with Crippen LogP contribution in [0.4, 0.5) is 4.79 Å². The van der Waals surface area contributed by atoms with E-state index >= 15 is 0 Å². The van der Waals surface area contributed by atoms with Gasteiger partial charge in [-0.15, -0.1) is 0 Å². The zero-order chi connectivity index (χ0) is 20.3. The molecule has 0 bridgehead atoms. The van der Waals surface area contributed by atoms with Crippen LogP contribution in [-0.4, -0.2) is 74.9 Å². The topological polar surface area (TPSA) is 54.0 Å². The van der Waals surface area contributed by atoms with E-state index in [0.29, 0.717) is 30.8 Å². The van der Waals surface area contributed by atoms with Gasteiger partial charge in [0.15, 0.2) is 0 Å². The Bertz CT molecular complexity index is 717. The van der Waals surface area contributed by atoms with Crippen molar-refractivity contribution in [1.82, 2.24) is 15.1 Å². The summed E-state index contributed by atoms with van der Waals surface area (Å²) >= 11 is 6.31. The van der Waals surface area contributed by atoms with Gasteiger partial charge in [-0.25, -0.2) is 4.79 Å². The molecule has 160 valence electrons. The summed E-state index contributed by atoms with van der Waals surface area (Å²) in [6, 6.07) is 6.31. The highest BCUT2D eigenvalue weighted by Gasteiger charge is 2.38. The number of carbonyl (C=O) groups is 1. The van der Waals surface area contributed by atoms with E-state index in [1.54, 1.807) is 7.11 Å². The molecular formula is C22H32ClN3O3. The largest absolute Gasteiger partial charge is 0.496 e. The molecule has 0 aliphatic carbocycles. The van der Waals surface area contributed by atoms with Crippen molar-refractivity contribution in [3.05, 3.63) is 28.8 Å². The van der Waals surface area contributed by atoms with Crippen LogP contribution >= 0.6 is 11.6 Å². The van der Waals surface area contributed by atoms with Crippen molar-refractivity contribution in [1.29, 1.82) is 0 Å². The van der Waals surface area contributed by atoms with Crippen molar-refractivity contribution in [3.8, 4) is 5.75 Å². The van der Waals surface area contributed by atoms with Crippen LogP contribution in [0.2, 0.25) is 5.02 Å². The molecule has 1 aromatic carbocycles. The molecule has 7 heteroatoms. The van der Waals surface area contributed by atoms with Gasteiger partial charge in [0.05, 0.1) is 7.11 Å². The maximum Gasteiger partial charge on any atom is 0.317 e. The first-order chi connectivity index (χ1) is 14.1. The van der Waals surface area contributed by atoms with Crippen molar-refractivity contribution >= 4 is 17.6 Å². The zero-order valence-corrected chi connectivity index (χ0v) is 18.0. The summed E-state index contributed by atoms with van der Waals surface area (Å²) in [5.74, 6) is 0.820. The minimum atomic E-state index is -0.224. The predicted octanol–water partition coefficient (Wildman–Crippen LogP) is 3.28. The van der Waals surface area contributed by atoms with Crippen LogP contribution in [-0.2, 0) is 10.2 Å². The molecule has 3 heterocycles. The second kappa shape index (κ2) is 9.11. The Balaban J connectivity index is 1.44. The summed E-state index contributed by atoms with van der Waals surface area (Å²) in [4.78, 5) is 17.5. The number of likely N-dealkylation sites (tertiary alicyclic amines) is 2. The fourth-order valence-corrected chi connectivity index (χ4v) is 5.26. The Hall–Kier alpha value is -1.50. The van der Waals surface area contributed by atoms with Gasteiger partial charge in [0.1, 0.15) is 5.75 Å². The molecule has 0 spiro atoms. The Kier molecular flexibility index (Phi) is 6.52. The molecule has 1 aromatic rings. The molecule has 4 rings (SSSR count). The summed E-state index contributed by atoms with van der Waals surface area (Å²) in [5, 5.41) is 3.92. The van der Waals surface area contributed by atoms with Crippen molar-refractivity contribution in [2.75, 3.05) is 53.0 Å². The number of urea groups is 1. The van der Waals surface area contributed by atoms with Gasteiger partial charge < -0.3 is 19.7 Å². The van der Waals surface area contributed by atoms with Gasteiger partial charge in [-0.05, 0) is 63.4 Å². The van der Waals surface area contributed by atoms with E-state index in [1.165, 1.54) is 25.9 Å². The third kappa shape index (κ3) is 4.49. The Morgan fingerprint density at radius 2 is 2.03 bits per heavy atom. The molecule has 0 radical (unpaired) electrons. The Morgan fingerprint density at radius 3 is 2.76 bits per heavy atom. The van der Waals surface area contributed by atoms with E-state index in [2.05, 4.69) is 10.2 Å².